The predicted octanol–water partition coefficient (Wildman–Crippen LogP) is 15.0. The van der Waals surface area contributed by atoms with Crippen molar-refractivity contribution in [1.29, 1.82) is 10.5 Å². The zero-order valence-corrected chi connectivity index (χ0v) is 59.3. The van der Waals surface area contributed by atoms with E-state index in [1.165, 1.54) is 86.0 Å². The Hall–Kier alpha value is -11.1. The zero-order valence-electron chi connectivity index (χ0n) is 59.3. The van der Waals surface area contributed by atoms with E-state index in [1.807, 2.05) is 91.6 Å². The highest BCUT2D eigenvalue weighted by atomic mass is 19.1. The summed E-state index contributed by atoms with van der Waals surface area (Å²) in [4.78, 5) is 28.8. The van der Waals surface area contributed by atoms with Crippen LogP contribution >= 0.6 is 0 Å². The Morgan fingerprint density at radius 3 is 1.60 bits per heavy atom. The summed E-state index contributed by atoms with van der Waals surface area (Å²) in [6.07, 6.45) is 28.3. The van der Waals surface area contributed by atoms with E-state index < -0.39 is 0 Å². The van der Waals surface area contributed by atoms with Gasteiger partial charge in [0.05, 0.1) is 75.8 Å². The van der Waals surface area contributed by atoms with E-state index in [-0.39, 0.29) is 17.8 Å². The third-order valence-electron chi connectivity index (χ3n) is 22.4. The first-order valence-corrected chi connectivity index (χ1v) is 37.0. The van der Waals surface area contributed by atoms with Gasteiger partial charge in [-0.05, 0) is 196 Å². The Labute approximate surface area is 606 Å². The number of hydrogen-bond donors (Lipinski definition) is 2. The maximum Gasteiger partial charge on any atom is 0.161 e. The Bertz CT molecular complexity index is 5170. The number of pyridine rings is 1. The minimum atomic E-state index is -0.293. The van der Waals surface area contributed by atoms with Crippen molar-refractivity contribution < 1.29 is 9.50 Å². The molecule has 0 unspecified atom stereocenters. The summed E-state index contributed by atoms with van der Waals surface area (Å²) < 4.78 is 26.8. The first-order valence-electron chi connectivity index (χ1n) is 37.0. The maximum absolute atomic E-state index is 13.5. The lowest BCUT2D eigenvalue weighted by molar-refractivity contribution is 0.123. The van der Waals surface area contributed by atoms with E-state index in [0.717, 1.165) is 155 Å². The fourth-order valence-electron chi connectivity index (χ4n) is 17.0. The molecule has 4 atom stereocenters. The molecule has 0 amide bonds. The minimum absolute atomic E-state index is 0.230. The second kappa shape index (κ2) is 28.3. The van der Waals surface area contributed by atoms with Crippen LogP contribution in [0.2, 0.25) is 0 Å². The average molecular weight is 1380 g/mol. The fourth-order valence-corrected chi connectivity index (χ4v) is 17.0. The van der Waals surface area contributed by atoms with Crippen LogP contribution < -0.4 is 15.1 Å². The molecule has 104 heavy (non-hydrogen) atoms. The summed E-state index contributed by atoms with van der Waals surface area (Å²) >= 11 is 0. The van der Waals surface area contributed by atoms with Crippen molar-refractivity contribution in [3.63, 3.8) is 0 Å². The second-order valence-corrected chi connectivity index (χ2v) is 29.7. The summed E-state index contributed by atoms with van der Waals surface area (Å²) in [5, 5.41) is 32.9. The van der Waals surface area contributed by atoms with Gasteiger partial charge in [0.2, 0.25) is 0 Å². The Morgan fingerprint density at radius 2 is 1.04 bits per heavy atom. The number of halogens is 1. The molecule has 0 bridgehead atoms. The molecule has 18 nitrogen and oxygen atoms in total. The quantitative estimate of drug-likeness (QED) is 0.118. The number of aliphatic hydroxyl groups excluding tert-OH is 1. The van der Waals surface area contributed by atoms with Crippen molar-refractivity contribution >= 4 is 17.2 Å². The fraction of sp³-hybridized carbons (Fsp3) is 0.318. The third kappa shape index (κ3) is 13.2. The largest absolute Gasteiger partial charge is 0.391 e. The maximum atomic E-state index is 13.5. The first-order chi connectivity index (χ1) is 50.9. The number of likely N-dealkylation sites (tertiary alicyclic amines) is 1. The minimum Gasteiger partial charge on any atom is -0.391 e. The molecule has 1 aliphatic carbocycles. The number of anilines is 3. The molecular formula is C85H86FN17O. The van der Waals surface area contributed by atoms with Gasteiger partial charge in [0.25, 0.3) is 0 Å². The van der Waals surface area contributed by atoms with E-state index in [2.05, 4.69) is 182 Å². The van der Waals surface area contributed by atoms with Crippen molar-refractivity contribution in [2.45, 2.75) is 90.1 Å². The van der Waals surface area contributed by atoms with E-state index in [4.69, 9.17) is 25.5 Å². The topological polar surface area (TPSA) is 174 Å². The van der Waals surface area contributed by atoms with Crippen molar-refractivity contribution in [2.75, 3.05) is 81.6 Å². The first kappa shape index (κ1) is 66.2. The lowest BCUT2D eigenvalue weighted by atomic mass is 9.98. The van der Waals surface area contributed by atoms with Crippen LogP contribution in [0.4, 0.5) is 21.6 Å². The molecule has 524 valence electrons. The average Bonchev–Trinajstić information content (AvgIpc) is 1.61. The zero-order chi connectivity index (χ0) is 70.5. The summed E-state index contributed by atoms with van der Waals surface area (Å²) in [6, 6.07) is 51.4. The molecule has 7 aliphatic rings. The number of nitrogens with zero attached hydrogens (tertiary/aromatic N) is 16. The Kier molecular flexibility index (Phi) is 18.0. The van der Waals surface area contributed by atoms with Crippen LogP contribution in [-0.4, -0.2) is 141 Å². The number of imidazole rings is 3. The highest BCUT2D eigenvalue weighted by Crippen LogP contribution is 2.41. The molecule has 5 aromatic carbocycles. The molecule has 7 aromatic heterocycles. The number of rotatable bonds is 11. The van der Waals surface area contributed by atoms with Crippen LogP contribution in [0.25, 0.3) is 85.0 Å². The van der Waals surface area contributed by atoms with Crippen molar-refractivity contribution in [3.8, 4) is 97.1 Å². The van der Waals surface area contributed by atoms with Gasteiger partial charge in [-0.15, -0.1) is 0 Å². The highest BCUT2D eigenvalue weighted by Gasteiger charge is 2.35. The number of β-amino-alcohol motifs (C(OH)–C–C–N with tert-alkyl or cyclic N) is 1. The number of aromatic nitrogens is 10. The molecule has 0 radical (unpaired) electrons. The molecule has 2 N–H and O–H groups in total. The molecule has 4 fully saturated rings. The smallest absolute Gasteiger partial charge is 0.161 e. The molecule has 19 rings (SSSR count). The van der Waals surface area contributed by atoms with E-state index in [9.17, 15) is 9.50 Å². The van der Waals surface area contributed by atoms with Gasteiger partial charge >= 0.3 is 0 Å². The van der Waals surface area contributed by atoms with Gasteiger partial charge in [0.1, 0.15) is 11.6 Å². The molecule has 1 saturated carbocycles. The van der Waals surface area contributed by atoms with Gasteiger partial charge in [0.15, 0.2) is 17.5 Å². The van der Waals surface area contributed by atoms with Gasteiger partial charge in [0, 0.05) is 148 Å². The normalized spacial score (nSPS) is 18.6. The van der Waals surface area contributed by atoms with Gasteiger partial charge in [-0.2, -0.15) is 10.5 Å². The van der Waals surface area contributed by atoms with Crippen LogP contribution in [0.1, 0.15) is 86.2 Å². The summed E-state index contributed by atoms with van der Waals surface area (Å²) in [7, 11) is 4.30. The molecule has 6 aliphatic heterocycles. The van der Waals surface area contributed by atoms with Crippen LogP contribution in [0.15, 0.2) is 195 Å². The van der Waals surface area contributed by atoms with E-state index in [1.54, 1.807) is 0 Å². The lowest BCUT2D eigenvalue weighted by Gasteiger charge is -2.23. The van der Waals surface area contributed by atoms with Crippen LogP contribution in [0.5, 0.6) is 0 Å². The Morgan fingerprint density at radius 1 is 0.529 bits per heavy atom. The van der Waals surface area contributed by atoms with E-state index in [0.29, 0.717) is 42.1 Å². The van der Waals surface area contributed by atoms with Gasteiger partial charge in [-0.25, -0.2) is 24.3 Å². The third-order valence-corrected chi connectivity index (χ3v) is 22.4. The number of nitriles is 2. The van der Waals surface area contributed by atoms with E-state index >= 15 is 0 Å². The van der Waals surface area contributed by atoms with Gasteiger partial charge < -0.3 is 43.7 Å². The van der Waals surface area contributed by atoms with Crippen LogP contribution in [0, 0.1) is 46.2 Å². The highest BCUT2D eigenvalue weighted by molar-refractivity contribution is 5.76. The summed E-state index contributed by atoms with van der Waals surface area (Å²) in [5.41, 5.74) is 20.4. The molecule has 3 saturated heterocycles. The van der Waals surface area contributed by atoms with Crippen molar-refractivity contribution in [2.24, 2.45) is 17.8 Å². The number of hydrogen-bond acceptors (Lipinski definition) is 12. The van der Waals surface area contributed by atoms with Crippen molar-refractivity contribution in [1.82, 2.24) is 57.1 Å². The van der Waals surface area contributed by atoms with Crippen LogP contribution in [0.3, 0.4) is 0 Å². The van der Waals surface area contributed by atoms with Crippen LogP contribution in [-0.2, 0) is 19.6 Å². The number of fused-ring (bicyclic) bond motifs is 15. The van der Waals surface area contributed by atoms with Gasteiger partial charge in [-0.3, -0.25) is 13.7 Å². The molecule has 19 heteroatoms. The van der Waals surface area contributed by atoms with Crippen molar-refractivity contribution in [3.05, 3.63) is 229 Å². The molecule has 13 heterocycles. The van der Waals surface area contributed by atoms with Gasteiger partial charge in [-0.1, -0.05) is 69.0 Å². The monoisotopic (exact) mass is 1380 g/mol. The lowest BCUT2D eigenvalue weighted by Crippen LogP contribution is -2.32. The number of benzene rings is 5. The molecule has 0 spiro atoms. The molecule has 12 aromatic rings. The SMILES string of the molecule is C[C@@H]1CN(c2ccc3c(n2)Cn2cc(-c4ccc(C#N)cc4)cc2-c2nccn2-3)C[C@H]1CN(C)C.N#Cc1ccc(-c2cc3n(c2)Cc2cc(NC4CCCCCC4)ccc2-n2ccnc2-3)cc1.O[C@@H]1CN(c2ccc3c(c2)Cn2cc(-c4ccc(F)cc4)cc2-c2nccn2-3)C[C@H]1CN1CCCC1. The molecular weight excluding hydrogens is 1290 g/mol. The number of aliphatic hydroxyl groups is 1. The Balaban J connectivity index is 0.000000116. The second-order valence-electron chi connectivity index (χ2n) is 29.7. The summed E-state index contributed by atoms with van der Waals surface area (Å²) in [6.45, 7) is 12.6. The standard InChI is InChI=1S/C29H30FN5O.C28H29N7.C28H27N5/c30-24-5-3-20(4-6-24)21-14-27-29-31-9-12-35(29)26-8-7-25(13-22(26)17-34(27)16-21)33-18-23(28(36)19-33)15-32-10-1-2-11-32;1-19-14-34(17-23(19)15-32(2)3)27-9-8-25-24(31-27)18-33-16-22(21-6-4-20(13-29)5-7-21)12-26(33)28-30-10-11-35(25)28;29-17-20-7-9-21(10-8-20)22-16-27-28-30-13-14-33(28)26-12-11-25(15-23(26)19-32(27)18-22)31-24-5-3-1-2-4-6-24/h3-9,12-14,16,23,28,36H,1-2,10-11,15,17-19H2;4-12,16,19,23H,14-15,17-18H2,1-3H3;7-16,18,24,31H,1-6,19H2/t23-,28-;19-,23-;/m11./s1. The predicted molar refractivity (Wildman–Crippen MR) is 408 cm³/mol. The summed E-state index contributed by atoms with van der Waals surface area (Å²) in [5.74, 6) is 5.18. The number of nitrogens with one attached hydrogen (secondary N) is 1.